The highest BCUT2D eigenvalue weighted by molar-refractivity contribution is 7.19. The van der Waals surface area contributed by atoms with E-state index < -0.39 is 0 Å². The van der Waals surface area contributed by atoms with Crippen LogP contribution in [-0.4, -0.2) is 53.7 Å². The van der Waals surface area contributed by atoms with Gasteiger partial charge >= 0.3 is 0 Å². The molecule has 176 valence electrons. The van der Waals surface area contributed by atoms with Crippen LogP contribution in [0.25, 0.3) is 26.9 Å². The minimum absolute atomic E-state index is 0. The molecule has 4 aromatic rings. The Labute approximate surface area is 203 Å². The highest BCUT2D eigenvalue weighted by Crippen LogP contribution is 2.42. The number of nitrogens with zero attached hydrogens (tertiary/aromatic N) is 5. The lowest BCUT2D eigenvalue weighted by Crippen LogP contribution is -2.08. The number of rotatable bonds is 9. The summed E-state index contributed by atoms with van der Waals surface area (Å²) in [6.45, 7) is 7.39. The molecule has 2 aromatic heterocycles. The first-order valence-corrected chi connectivity index (χ1v) is 11.4. The third-order valence-electron chi connectivity index (χ3n) is 4.79. The van der Waals surface area contributed by atoms with Gasteiger partial charge in [-0.1, -0.05) is 11.3 Å². The minimum Gasteiger partial charge on any atom is -0.490 e. The van der Waals surface area contributed by atoms with Gasteiger partial charge in [0.15, 0.2) is 17.3 Å². The van der Waals surface area contributed by atoms with E-state index in [1.807, 2.05) is 59.1 Å². The standard InChI is InChI=1S/C23H27N5O3S.ClH/c1-6-29-18-13-16(14-19(30-7-2)20(18)31-8-3)22-26-28-21(24-25-23(28)32-22)15-9-11-17(12-10-15)27(4)5;/h9-14H,6-8H2,1-5H3;1H. The fourth-order valence-electron chi connectivity index (χ4n) is 3.33. The van der Waals surface area contributed by atoms with Crippen LogP contribution < -0.4 is 19.1 Å². The molecule has 0 spiro atoms. The Kier molecular flexibility index (Phi) is 7.99. The molecule has 0 amide bonds. The van der Waals surface area contributed by atoms with Gasteiger partial charge in [-0.25, -0.2) is 0 Å². The smallest absolute Gasteiger partial charge is 0.235 e. The summed E-state index contributed by atoms with van der Waals surface area (Å²) in [6.07, 6.45) is 0. The van der Waals surface area contributed by atoms with Crippen LogP contribution >= 0.6 is 23.7 Å². The van der Waals surface area contributed by atoms with Gasteiger partial charge in [-0.15, -0.1) is 22.6 Å². The lowest BCUT2D eigenvalue weighted by atomic mass is 10.2. The fraction of sp³-hybridized carbons (Fsp3) is 0.348. The first-order valence-electron chi connectivity index (χ1n) is 10.6. The molecule has 0 saturated carbocycles. The van der Waals surface area contributed by atoms with Gasteiger partial charge < -0.3 is 19.1 Å². The van der Waals surface area contributed by atoms with Crippen LogP contribution in [0.4, 0.5) is 5.69 Å². The molecule has 10 heteroatoms. The Morgan fingerprint density at radius 1 is 0.848 bits per heavy atom. The summed E-state index contributed by atoms with van der Waals surface area (Å²) in [7, 11) is 4.03. The Bertz CT molecular complexity index is 1180. The van der Waals surface area contributed by atoms with Crippen molar-refractivity contribution in [2.75, 3.05) is 38.8 Å². The molecule has 0 aliphatic rings. The quantitative estimate of drug-likeness (QED) is 0.319. The van der Waals surface area contributed by atoms with E-state index in [9.17, 15) is 0 Å². The molecule has 0 aliphatic heterocycles. The molecule has 0 bridgehead atoms. The SMILES string of the molecule is CCOc1cc(-c2nn3c(-c4ccc(N(C)C)cc4)nnc3s2)cc(OCC)c1OCC.Cl. The average molecular weight is 490 g/mol. The maximum Gasteiger partial charge on any atom is 0.235 e. The van der Waals surface area contributed by atoms with Gasteiger partial charge in [0.1, 0.15) is 5.01 Å². The molecule has 0 N–H and O–H groups in total. The van der Waals surface area contributed by atoms with E-state index >= 15 is 0 Å². The Hall–Kier alpha value is -3.04. The zero-order valence-corrected chi connectivity index (χ0v) is 21.0. The van der Waals surface area contributed by atoms with Gasteiger partial charge in [-0.05, 0) is 57.2 Å². The number of fused-ring (bicyclic) bond motifs is 1. The fourth-order valence-corrected chi connectivity index (χ4v) is 4.16. The molecule has 8 nitrogen and oxygen atoms in total. The van der Waals surface area contributed by atoms with Crippen molar-refractivity contribution in [3.63, 3.8) is 0 Å². The molecule has 0 radical (unpaired) electrons. The lowest BCUT2D eigenvalue weighted by molar-refractivity contribution is 0.261. The highest BCUT2D eigenvalue weighted by Gasteiger charge is 2.20. The Balaban J connectivity index is 0.00000306. The number of anilines is 1. The van der Waals surface area contributed by atoms with Crippen LogP contribution in [0.15, 0.2) is 36.4 Å². The van der Waals surface area contributed by atoms with Crippen molar-refractivity contribution >= 4 is 34.4 Å². The maximum absolute atomic E-state index is 5.85. The monoisotopic (exact) mass is 489 g/mol. The van der Waals surface area contributed by atoms with E-state index in [1.165, 1.54) is 11.3 Å². The molecule has 2 heterocycles. The van der Waals surface area contributed by atoms with Crippen molar-refractivity contribution < 1.29 is 14.2 Å². The number of halogens is 1. The van der Waals surface area contributed by atoms with Crippen molar-refractivity contribution in [3.05, 3.63) is 36.4 Å². The molecular formula is C23H28ClN5O3S. The van der Waals surface area contributed by atoms with Gasteiger partial charge in [-0.3, -0.25) is 0 Å². The Morgan fingerprint density at radius 2 is 1.45 bits per heavy atom. The van der Waals surface area contributed by atoms with Crippen LogP contribution in [0.2, 0.25) is 0 Å². The normalized spacial score (nSPS) is 10.7. The summed E-state index contributed by atoms with van der Waals surface area (Å²) in [6, 6.07) is 12.0. The van der Waals surface area contributed by atoms with Crippen molar-refractivity contribution in [2.45, 2.75) is 20.8 Å². The number of benzene rings is 2. The molecule has 4 rings (SSSR count). The van der Waals surface area contributed by atoms with Crippen LogP contribution in [0.5, 0.6) is 17.2 Å². The number of aromatic nitrogens is 4. The largest absolute Gasteiger partial charge is 0.490 e. The second kappa shape index (κ2) is 10.7. The van der Waals surface area contributed by atoms with E-state index in [-0.39, 0.29) is 12.4 Å². The number of hydrogen-bond acceptors (Lipinski definition) is 8. The molecule has 0 saturated heterocycles. The third-order valence-corrected chi connectivity index (χ3v) is 5.74. The second-order valence-corrected chi connectivity index (χ2v) is 8.12. The summed E-state index contributed by atoms with van der Waals surface area (Å²) in [5.41, 5.74) is 2.95. The first kappa shape index (κ1) is 24.6. The van der Waals surface area contributed by atoms with Crippen LogP contribution in [0.1, 0.15) is 20.8 Å². The average Bonchev–Trinajstić information content (AvgIpc) is 3.37. The van der Waals surface area contributed by atoms with Gasteiger partial charge in [0.25, 0.3) is 0 Å². The minimum atomic E-state index is 0. The van der Waals surface area contributed by atoms with Gasteiger partial charge in [0, 0.05) is 30.9 Å². The predicted molar refractivity (Wildman–Crippen MR) is 135 cm³/mol. The van der Waals surface area contributed by atoms with E-state index in [1.54, 1.807) is 4.52 Å². The van der Waals surface area contributed by atoms with Crippen LogP contribution in [-0.2, 0) is 0 Å². The molecule has 0 fully saturated rings. The van der Waals surface area contributed by atoms with E-state index in [2.05, 4.69) is 27.2 Å². The molecule has 0 aliphatic carbocycles. The van der Waals surface area contributed by atoms with Gasteiger partial charge in [0.05, 0.1) is 19.8 Å². The summed E-state index contributed by atoms with van der Waals surface area (Å²) >= 11 is 1.46. The molecule has 2 aromatic carbocycles. The van der Waals surface area contributed by atoms with Crippen molar-refractivity contribution in [3.8, 4) is 39.2 Å². The lowest BCUT2D eigenvalue weighted by Gasteiger charge is -2.16. The summed E-state index contributed by atoms with van der Waals surface area (Å²) < 4.78 is 19.3. The van der Waals surface area contributed by atoms with Crippen LogP contribution in [0.3, 0.4) is 0 Å². The third kappa shape index (κ3) is 4.99. The second-order valence-electron chi connectivity index (χ2n) is 7.17. The maximum atomic E-state index is 5.85. The zero-order chi connectivity index (χ0) is 22.7. The zero-order valence-electron chi connectivity index (χ0n) is 19.4. The first-order chi connectivity index (χ1) is 15.5. The van der Waals surface area contributed by atoms with Crippen molar-refractivity contribution in [1.82, 2.24) is 19.8 Å². The Morgan fingerprint density at radius 3 is 2.00 bits per heavy atom. The van der Waals surface area contributed by atoms with Crippen molar-refractivity contribution in [1.29, 1.82) is 0 Å². The van der Waals surface area contributed by atoms with Crippen molar-refractivity contribution in [2.24, 2.45) is 0 Å². The predicted octanol–water partition coefficient (Wildman–Crippen LogP) is 5.20. The van der Waals surface area contributed by atoms with Gasteiger partial charge in [0.2, 0.25) is 10.7 Å². The number of ether oxygens (including phenoxy) is 3. The molecule has 0 atom stereocenters. The van der Waals surface area contributed by atoms with Gasteiger partial charge in [-0.2, -0.15) is 9.61 Å². The summed E-state index contributed by atoms with van der Waals surface area (Å²) in [4.78, 5) is 2.78. The molecular weight excluding hydrogens is 462 g/mol. The van der Waals surface area contributed by atoms with E-state index in [4.69, 9.17) is 19.3 Å². The number of hydrogen-bond donors (Lipinski definition) is 0. The van der Waals surface area contributed by atoms with Crippen LogP contribution in [0, 0.1) is 0 Å². The molecule has 0 unspecified atom stereocenters. The summed E-state index contributed by atoms with van der Waals surface area (Å²) in [5.74, 6) is 2.60. The summed E-state index contributed by atoms with van der Waals surface area (Å²) in [5, 5.41) is 14.3. The molecule has 33 heavy (non-hydrogen) atoms. The van der Waals surface area contributed by atoms with E-state index in [0.29, 0.717) is 42.9 Å². The topological polar surface area (TPSA) is 74.0 Å². The van der Waals surface area contributed by atoms with E-state index in [0.717, 1.165) is 26.8 Å². The highest BCUT2D eigenvalue weighted by atomic mass is 35.5.